The van der Waals surface area contributed by atoms with Crippen LogP contribution in [0.25, 0.3) is 11.3 Å². The van der Waals surface area contributed by atoms with Crippen molar-refractivity contribution < 1.29 is 4.79 Å². The zero-order valence-corrected chi connectivity index (χ0v) is 12.7. The molecule has 0 aliphatic carbocycles. The van der Waals surface area contributed by atoms with Gasteiger partial charge in [0.15, 0.2) is 5.78 Å². The van der Waals surface area contributed by atoms with Crippen LogP contribution in [0.3, 0.4) is 0 Å². The first kappa shape index (κ1) is 14.3. The van der Waals surface area contributed by atoms with Crippen LogP contribution < -0.4 is 0 Å². The first-order chi connectivity index (χ1) is 10.7. The van der Waals surface area contributed by atoms with Crippen molar-refractivity contribution in [1.29, 1.82) is 0 Å². The van der Waals surface area contributed by atoms with Gasteiger partial charge < -0.3 is 0 Å². The molecular formula is C19H18N2O. The van der Waals surface area contributed by atoms with E-state index in [1.54, 1.807) is 0 Å². The number of rotatable bonds is 4. The van der Waals surface area contributed by atoms with Crippen LogP contribution in [0.15, 0.2) is 66.9 Å². The van der Waals surface area contributed by atoms with Crippen LogP contribution in [0.2, 0.25) is 0 Å². The number of carbonyl (C=O) groups is 1. The molecule has 0 radical (unpaired) electrons. The number of hydrogen-bond donors (Lipinski definition) is 0. The van der Waals surface area contributed by atoms with E-state index < -0.39 is 0 Å². The van der Waals surface area contributed by atoms with E-state index in [0.717, 1.165) is 11.3 Å². The number of nitrogens with zero attached hydrogens (tertiary/aromatic N) is 2. The van der Waals surface area contributed by atoms with Gasteiger partial charge in [-0.2, -0.15) is 5.10 Å². The first-order valence-corrected chi connectivity index (χ1v) is 7.41. The third kappa shape index (κ3) is 2.70. The fraction of sp³-hybridized carbons (Fsp3) is 0.158. The van der Waals surface area contributed by atoms with Crippen LogP contribution in [0.5, 0.6) is 0 Å². The molecule has 2 aromatic carbocycles. The number of hydrogen-bond acceptors (Lipinski definition) is 2. The molecular weight excluding hydrogens is 272 g/mol. The molecule has 22 heavy (non-hydrogen) atoms. The Bertz CT molecular complexity index is 774. The Kier molecular flexibility index (Phi) is 3.88. The molecule has 0 atom stereocenters. The molecule has 0 fully saturated rings. The molecule has 3 aromatic rings. The third-order valence-corrected chi connectivity index (χ3v) is 3.59. The Balaban J connectivity index is 2.12. The Labute approximate surface area is 130 Å². The van der Waals surface area contributed by atoms with Crippen molar-refractivity contribution in [2.45, 2.75) is 19.9 Å². The lowest BCUT2D eigenvalue weighted by Crippen LogP contribution is -2.02. The van der Waals surface area contributed by atoms with Crippen molar-refractivity contribution in [3.05, 3.63) is 78.0 Å². The lowest BCUT2D eigenvalue weighted by atomic mass is 10.0. The summed E-state index contributed by atoms with van der Waals surface area (Å²) in [7, 11) is 0. The average molecular weight is 290 g/mol. The fourth-order valence-electron chi connectivity index (χ4n) is 2.38. The SMILES string of the molecule is CC(C)n1cc(C(=O)c2ccccc2)c(-c2ccccc2)n1. The molecule has 1 heterocycles. The molecule has 1 aromatic heterocycles. The minimum Gasteiger partial charge on any atom is -0.288 e. The van der Waals surface area contributed by atoms with Crippen LogP contribution in [0.4, 0.5) is 0 Å². The van der Waals surface area contributed by atoms with Gasteiger partial charge in [0.05, 0.1) is 5.56 Å². The molecule has 0 aliphatic rings. The second-order valence-electron chi connectivity index (χ2n) is 5.53. The molecule has 0 saturated heterocycles. The Morgan fingerprint density at radius 1 is 0.955 bits per heavy atom. The second kappa shape index (κ2) is 5.98. The topological polar surface area (TPSA) is 34.9 Å². The van der Waals surface area contributed by atoms with Crippen LogP contribution in [-0.4, -0.2) is 15.6 Å². The van der Waals surface area contributed by atoms with Crippen LogP contribution in [0.1, 0.15) is 35.8 Å². The van der Waals surface area contributed by atoms with E-state index in [2.05, 4.69) is 18.9 Å². The number of benzene rings is 2. The fourth-order valence-corrected chi connectivity index (χ4v) is 2.38. The highest BCUT2D eigenvalue weighted by Crippen LogP contribution is 2.25. The standard InChI is InChI=1S/C19H18N2O/c1-14(2)21-13-17(19(22)16-11-7-4-8-12-16)18(20-21)15-9-5-3-6-10-15/h3-14H,1-2H3. The molecule has 3 rings (SSSR count). The van der Waals surface area contributed by atoms with Crippen molar-refractivity contribution in [3.63, 3.8) is 0 Å². The monoisotopic (exact) mass is 290 g/mol. The summed E-state index contributed by atoms with van der Waals surface area (Å²) in [6.45, 7) is 4.11. The quantitative estimate of drug-likeness (QED) is 0.669. The van der Waals surface area contributed by atoms with Gasteiger partial charge in [0.1, 0.15) is 5.69 Å². The molecule has 3 heteroatoms. The zero-order chi connectivity index (χ0) is 15.5. The van der Waals surface area contributed by atoms with Crippen LogP contribution in [0, 0.1) is 0 Å². The maximum absolute atomic E-state index is 12.8. The summed E-state index contributed by atoms with van der Waals surface area (Å²) >= 11 is 0. The van der Waals surface area contributed by atoms with Gasteiger partial charge in [-0.05, 0) is 13.8 Å². The smallest absolute Gasteiger partial charge is 0.196 e. The third-order valence-electron chi connectivity index (χ3n) is 3.59. The number of carbonyl (C=O) groups excluding carboxylic acids is 1. The predicted molar refractivity (Wildman–Crippen MR) is 87.9 cm³/mol. The van der Waals surface area contributed by atoms with Crippen molar-refractivity contribution in [1.82, 2.24) is 9.78 Å². The van der Waals surface area contributed by atoms with E-state index >= 15 is 0 Å². The van der Waals surface area contributed by atoms with Gasteiger partial charge >= 0.3 is 0 Å². The molecule has 0 amide bonds. The van der Waals surface area contributed by atoms with Gasteiger partial charge in [-0.3, -0.25) is 9.48 Å². The van der Waals surface area contributed by atoms with Crippen molar-refractivity contribution in [2.24, 2.45) is 0 Å². The highest BCUT2D eigenvalue weighted by molar-refractivity contribution is 6.12. The Morgan fingerprint density at radius 2 is 1.55 bits per heavy atom. The second-order valence-corrected chi connectivity index (χ2v) is 5.53. The summed E-state index contributed by atoms with van der Waals surface area (Å²) in [5.41, 5.74) is 3.03. The van der Waals surface area contributed by atoms with Gasteiger partial charge in [-0.1, -0.05) is 60.7 Å². The highest BCUT2D eigenvalue weighted by Gasteiger charge is 2.19. The number of ketones is 1. The summed E-state index contributed by atoms with van der Waals surface area (Å²) in [6.07, 6.45) is 1.85. The largest absolute Gasteiger partial charge is 0.288 e. The van der Waals surface area contributed by atoms with E-state index in [-0.39, 0.29) is 11.8 Å². The van der Waals surface area contributed by atoms with Crippen LogP contribution in [-0.2, 0) is 0 Å². The molecule has 110 valence electrons. The summed E-state index contributed by atoms with van der Waals surface area (Å²) in [5, 5.41) is 4.62. The number of aromatic nitrogens is 2. The Hall–Kier alpha value is -2.68. The average Bonchev–Trinajstić information content (AvgIpc) is 3.01. The van der Waals surface area contributed by atoms with Crippen molar-refractivity contribution in [3.8, 4) is 11.3 Å². The summed E-state index contributed by atoms with van der Waals surface area (Å²) in [5.74, 6) is 0.00588. The first-order valence-electron chi connectivity index (χ1n) is 7.41. The Morgan fingerprint density at radius 3 is 2.14 bits per heavy atom. The van der Waals surface area contributed by atoms with Crippen molar-refractivity contribution in [2.75, 3.05) is 0 Å². The van der Waals surface area contributed by atoms with Gasteiger partial charge in [-0.15, -0.1) is 0 Å². The van der Waals surface area contributed by atoms with Gasteiger partial charge in [-0.25, -0.2) is 0 Å². The van der Waals surface area contributed by atoms with Gasteiger partial charge in [0, 0.05) is 23.4 Å². The molecule has 3 nitrogen and oxygen atoms in total. The minimum absolute atomic E-state index is 0.00588. The maximum Gasteiger partial charge on any atom is 0.196 e. The summed E-state index contributed by atoms with van der Waals surface area (Å²) < 4.78 is 1.85. The minimum atomic E-state index is 0.00588. The normalized spacial score (nSPS) is 10.9. The zero-order valence-electron chi connectivity index (χ0n) is 12.7. The maximum atomic E-state index is 12.8. The molecule has 0 unspecified atom stereocenters. The van der Waals surface area contributed by atoms with E-state index in [1.807, 2.05) is 71.5 Å². The molecule has 0 aliphatic heterocycles. The van der Waals surface area contributed by atoms with E-state index in [4.69, 9.17) is 0 Å². The summed E-state index contributed by atoms with van der Waals surface area (Å²) in [6, 6.07) is 19.4. The van der Waals surface area contributed by atoms with Crippen LogP contribution >= 0.6 is 0 Å². The lowest BCUT2D eigenvalue weighted by molar-refractivity contribution is 0.103. The molecule has 0 spiro atoms. The van der Waals surface area contributed by atoms with E-state index in [9.17, 15) is 4.79 Å². The van der Waals surface area contributed by atoms with Crippen molar-refractivity contribution >= 4 is 5.78 Å². The molecule has 0 saturated carbocycles. The predicted octanol–water partition coefficient (Wildman–Crippen LogP) is 4.36. The molecule has 0 N–H and O–H groups in total. The lowest BCUT2D eigenvalue weighted by Gasteiger charge is -2.03. The van der Waals surface area contributed by atoms with Gasteiger partial charge in [0.25, 0.3) is 0 Å². The highest BCUT2D eigenvalue weighted by atomic mass is 16.1. The van der Waals surface area contributed by atoms with Gasteiger partial charge in [0.2, 0.25) is 0 Å². The van der Waals surface area contributed by atoms with E-state index in [1.165, 1.54) is 0 Å². The van der Waals surface area contributed by atoms with E-state index in [0.29, 0.717) is 11.1 Å². The molecule has 0 bridgehead atoms. The summed E-state index contributed by atoms with van der Waals surface area (Å²) in [4.78, 5) is 12.8.